The van der Waals surface area contributed by atoms with Gasteiger partial charge in [-0.1, -0.05) is 0 Å². The molecule has 0 radical (unpaired) electrons. The Bertz CT molecular complexity index is 370. The summed E-state index contributed by atoms with van der Waals surface area (Å²) in [5, 5.41) is 3.79. The summed E-state index contributed by atoms with van der Waals surface area (Å²) in [7, 11) is 1.59. The van der Waals surface area contributed by atoms with Gasteiger partial charge in [-0.3, -0.25) is 9.48 Å². The molecule has 0 aliphatic carbocycles. The maximum Gasteiger partial charge on any atom is 0.359 e. The van der Waals surface area contributed by atoms with Gasteiger partial charge in [0.1, 0.15) is 0 Å². The van der Waals surface area contributed by atoms with Gasteiger partial charge in [-0.25, -0.2) is 4.79 Å². The van der Waals surface area contributed by atoms with Gasteiger partial charge in [0.05, 0.1) is 12.2 Å². The average Bonchev–Trinajstić information content (AvgIpc) is 2.48. The minimum Gasteiger partial charge on any atom is -0.461 e. The topological polar surface area (TPSA) is 87.2 Å². The van der Waals surface area contributed by atoms with Crippen LogP contribution in [-0.4, -0.2) is 28.3 Å². The largest absolute Gasteiger partial charge is 0.461 e. The first-order valence-electron chi connectivity index (χ1n) is 4.06. The number of esters is 1. The number of amides is 1. The molecule has 0 spiro atoms. The number of carbonyl (C=O) groups is 2. The molecule has 1 aromatic rings. The predicted octanol–water partition coefficient (Wildman–Crippen LogP) is -0.304. The van der Waals surface area contributed by atoms with Crippen LogP contribution in [0.4, 0.5) is 0 Å². The van der Waals surface area contributed by atoms with Gasteiger partial charge in [0.2, 0.25) is 0 Å². The van der Waals surface area contributed by atoms with Crippen molar-refractivity contribution in [3.63, 3.8) is 0 Å². The fourth-order valence-electron chi connectivity index (χ4n) is 1.02. The molecule has 0 fully saturated rings. The quantitative estimate of drug-likeness (QED) is 0.673. The fraction of sp³-hybridized carbons (Fsp3) is 0.375. The SMILES string of the molecule is CCOC(=O)c1nn(C)cc1C(N)=O. The summed E-state index contributed by atoms with van der Waals surface area (Å²) in [5.41, 5.74) is 5.10. The minimum atomic E-state index is -0.693. The second-order valence-corrected chi connectivity index (χ2v) is 2.65. The monoisotopic (exact) mass is 197 g/mol. The Morgan fingerprint density at radius 2 is 2.29 bits per heavy atom. The van der Waals surface area contributed by atoms with E-state index in [1.54, 1.807) is 14.0 Å². The molecule has 0 saturated carbocycles. The molecule has 2 N–H and O–H groups in total. The molecule has 76 valence electrons. The number of hydrogen-bond donors (Lipinski definition) is 1. The van der Waals surface area contributed by atoms with Crippen molar-refractivity contribution in [1.29, 1.82) is 0 Å². The van der Waals surface area contributed by atoms with E-state index in [4.69, 9.17) is 10.5 Å². The molecule has 0 aliphatic heterocycles. The first-order valence-corrected chi connectivity index (χ1v) is 4.06. The second-order valence-electron chi connectivity index (χ2n) is 2.65. The lowest BCUT2D eigenvalue weighted by Gasteiger charge is -1.98. The van der Waals surface area contributed by atoms with E-state index < -0.39 is 11.9 Å². The van der Waals surface area contributed by atoms with E-state index in [0.717, 1.165) is 0 Å². The third-order valence-corrected chi connectivity index (χ3v) is 1.56. The average molecular weight is 197 g/mol. The second kappa shape index (κ2) is 3.91. The predicted molar refractivity (Wildman–Crippen MR) is 47.7 cm³/mol. The highest BCUT2D eigenvalue weighted by Gasteiger charge is 2.20. The molecule has 1 heterocycles. The van der Waals surface area contributed by atoms with E-state index in [-0.39, 0.29) is 17.9 Å². The zero-order chi connectivity index (χ0) is 10.7. The van der Waals surface area contributed by atoms with E-state index in [1.165, 1.54) is 10.9 Å². The standard InChI is InChI=1S/C8H11N3O3/c1-3-14-8(13)6-5(7(9)12)4-11(2)10-6/h4H,3H2,1-2H3,(H2,9,12). The van der Waals surface area contributed by atoms with Crippen molar-refractivity contribution in [2.45, 2.75) is 6.92 Å². The van der Waals surface area contributed by atoms with Gasteiger partial charge in [0.15, 0.2) is 5.69 Å². The summed E-state index contributed by atoms with van der Waals surface area (Å²) in [5.74, 6) is -1.33. The number of nitrogens with zero attached hydrogens (tertiary/aromatic N) is 2. The Hall–Kier alpha value is -1.85. The smallest absolute Gasteiger partial charge is 0.359 e. The van der Waals surface area contributed by atoms with Crippen LogP contribution in [0.2, 0.25) is 0 Å². The number of rotatable bonds is 3. The van der Waals surface area contributed by atoms with Crippen molar-refractivity contribution in [1.82, 2.24) is 9.78 Å². The van der Waals surface area contributed by atoms with Crippen LogP contribution in [0.25, 0.3) is 0 Å². The molecule has 1 aromatic heterocycles. The first-order chi connectivity index (χ1) is 6.56. The van der Waals surface area contributed by atoms with Crippen molar-refractivity contribution in [2.75, 3.05) is 6.61 Å². The van der Waals surface area contributed by atoms with Crippen LogP contribution in [0.15, 0.2) is 6.20 Å². The van der Waals surface area contributed by atoms with Crippen molar-refractivity contribution in [3.8, 4) is 0 Å². The van der Waals surface area contributed by atoms with E-state index in [9.17, 15) is 9.59 Å². The highest BCUT2D eigenvalue weighted by Crippen LogP contribution is 2.06. The number of primary amides is 1. The van der Waals surface area contributed by atoms with Crippen LogP contribution in [0.5, 0.6) is 0 Å². The molecule has 0 aliphatic rings. The minimum absolute atomic E-state index is 0.0400. The molecule has 6 nitrogen and oxygen atoms in total. The number of carbonyl (C=O) groups excluding carboxylic acids is 2. The number of aromatic nitrogens is 2. The summed E-state index contributed by atoms with van der Waals surface area (Å²) in [6.07, 6.45) is 1.38. The van der Waals surface area contributed by atoms with Crippen molar-refractivity contribution in [3.05, 3.63) is 17.5 Å². The van der Waals surface area contributed by atoms with Crippen LogP contribution < -0.4 is 5.73 Å². The Morgan fingerprint density at radius 1 is 1.64 bits per heavy atom. The Labute approximate surface area is 80.6 Å². The molecular weight excluding hydrogens is 186 g/mol. The highest BCUT2D eigenvalue weighted by molar-refractivity contribution is 6.03. The van der Waals surface area contributed by atoms with Gasteiger partial charge in [-0.05, 0) is 6.92 Å². The van der Waals surface area contributed by atoms with Crippen LogP contribution in [-0.2, 0) is 11.8 Å². The lowest BCUT2D eigenvalue weighted by atomic mass is 10.2. The molecule has 0 atom stereocenters. The molecule has 0 saturated heterocycles. The van der Waals surface area contributed by atoms with Crippen LogP contribution >= 0.6 is 0 Å². The number of hydrogen-bond acceptors (Lipinski definition) is 4. The molecule has 1 rings (SSSR count). The van der Waals surface area contributed by atoms with Crippen LogP contribution in [0.3, 0.4) is 0 Å². The Kier molecular flexibility index (Phi) is 2.85. The van der Waals surface area contributed by atoms with E-state index in [0.29, 0.717) is 0 Å². The zero-order valence-electron chi connectivity index (χ0n) is 7.98. The van der Waals surface area contributed by atoms with Gasteiger partial charge in [-0.15, -0.1) is 0 Å². The lowest BCUT2D eigenvalue weighted by Crippen LogP contribution is -2.16. The lowest BCUT2D eigenvalue weighted by molar-refractivity contribution is 0.0515. The normalized spacial score (nSPS) is 9.86. The Balaban J connectivity index is 3.06. The summed E-state index contributed by atoms with van der Waals surface area (Å²) >= 11 is 0. The number of ether oxygens (including phenoxy) is 1. The molecule has 0 unspecified atom stereocenters. The van der Waals surface area contributed by atoms with E-state index in [2.05, 4.69) is 5.10 Å². The molecule has 14 heavy (non-hydrogen) atoms. The maximum absolute atomic E-state index is 11.3. The summed E-state index contributed by atoms with van der Waals surface area (Å²) < 4.78 is 6.05. The van der Waals surface area contributed by atoms with Gasteiger partial charge < -0.3 is 10.5 Å². The third kappa shape index (κ3) is 1.90. The van der Waals surface area contributed by atoms with Gasteiger partial charge >= 0.3 is 5.97 Å². The number of nitrogens with two attached hydrogens (primary N) is 1. The highest BCUT2D eigenvalue weighted by atomic mass is 16.5. The summed E-state index contributed by atoms with van der Waals surface area (Å²) in [6, 6.07) is 0. The zero-order valence-corrected chi connectivity index (χ0v) is 7.98. The van der Waals surface area contributed by atoms with E-state index in [1.807, 2.05) is 0 Å². The third-order valence-electron chi connectivity index (χ3n) is 1.56. The molecule has 0 bridgehead atoms. The molecule has 0 aromatic carbocycles. The van der Waals surface area contributed by atoms with E-state index >= 15 is 0 Å². The maximum atomic E-state index is 11.3. The van der Waals surface area contributed by atoms with Crippen molar-refractivity contribution in [2.24, 2.45) is 12.8 Å². The molecule has 1 amide bonds. The van der Waals surface area contributed by atoms with Crippen LogP contribution in [0, 0.1) is 0 Å². The first kappa shape index (κ1) is 10.2. The van der Waals surface area contributed by atoms with Crippen molar-refractivity contribution < 1.29 is 14.3 Å². The Morgan fingerprint density at radius 3 is 2.79 bits per heavy atom. The number of aryl methyl sites for hydroxylation is 1. The molecular formula is C8H11N3O3. The van der Waals surface area contributed by atoms with Gasteiger partial charge in [0.25, 0.3) is 5.91 Å². The van der Waals surface area contributed by atoms with Crippen LogP contribution in [0.1, 0.15) is 27.8 Å². The summed E-state index contributed by atoms with van der Waals surface area (Å²) in [6.45, 7) is 1.90. The van der Waals surface area contributed by atoms with Gasteiger partial charge in [-0.2, -0.15) is 5.10 Å². The summed E-state index contributed by atoms with van der Waals surface area (Å²) in [4.78, 5) is 22.2. The molecule has 6 heteroatoms. The van der Waals surface area contributed by atoms with Gasteiger partial charge in [0, 0.05) is 13.2 Å². The fourth-order valence-corrected chi connectivity index (χ4v) is 1.02. The van der Waals surface area contributed by atoms with Crippen molar-refractivity contribution >= 4 is 11.9 Å².